The van der Waals surface area contributed by atoms with Gasteiger partial charge in [-0.3, -0.25) is 9.59 Å². The van der Waals surface area contributed by atoms with Crippen molar-refractivity contribution in [3.8, 4) is 28.1 Å². The molecule has 384 valence electrons. The van der Waals surface area contributed by atoms with E-state index >= 15 is 0 Å². The van der Waals surface area contributed by atoms with Crippen molar-refractivity contribution in [3.05, 3.63) is 65.9 Å². The Balaban J connectivity index is 0.897. The second-order valence-electron chi connectivity index (χ2n) is 21.0. The number of likely N-dealkylation sites (tertiary alicyclic amines) is 2. The van der Waals surface area contributed by atoms with Crippen LogP contribution in [0.3, 0.4) is 0 Å². The molecule has 2 aromatic heterocycles. The molecule has 18 nitrogen and oxygen atoms in total. The number of amides is 4. The second-order valence-corrected chi connectivity index (χ2v) is 21.0. The second kappa shape index (κ2) is 20.3. The fourth-order valence-electron chi connectivity index (χ4n) is 12.6. The summed E-state index contributed by atoms with van der Waals surface area (Å²) < 4.78 is 34.1. The predicted molar refractivity (Wildman–Crippen MR) is 268 cm³/mol. The molecule has 18 heteroatoms. The van der Waals surface area contributed by atoms with Gasteiger partial charge in [-0.2, -0.15) is 0 Å². The van der Waals surface area contributed by atoms with E-state index in [-0.39, 0.29) is 72.1 Å². The van der Waals surface area contributed by atoms with Crippen LogP contribution in [-0.2, 0) is 39.9 Å². The molecule has 7 heterocycles. The van der Waals surface area contributed by atoms with Gasteiger partial charge in [0.15, 0.2) is 0 Å². The van der Waals surface area contributed by atoms with Gasteiger partial charge in [-0.1, -0.05) is 18.2 Å². The summed E-state index contributed by atoms with van der Waals surface area (Å²) in [5.41, 5.74) is 6.48. The number of carbonyl (C=O) groups is 4. The first-order chi connectivity index (χ1) is 34.7. The monoisotopic (exact) mass is 989 g/mol. The number of aromatic nitrogens is 4. The molecule has 0 bridgehead atoms. The van der Waals surface area contributed by atoms with Crippen molar-refractivity contribution in [2.24, 2.45) is 17.8 Å². The van der Waals surface area contributed by atoms with Crippen molar-refractivity contribution < 1.29 is 47.6 Å². The van der Waals surface area contributed by atoms with E-state index in [0.717, 1.165) is 68.3 Å². The summed E-state index contributed by atoms with van der Waals surface area (Å²) in [5, 5.41) is 7.72. The van der Waals surface area contributed by atoms with Crippen molar-refractivity contribution in [2.75, 3.05) is 34.5 Å². The van der Waals surface area contributed by atoms with E-state index < -0.39 is 24.3 Å². The largest absolute Gasteiger partial charge is 0.488 e. The topological polar surface area (TPSA) is 212 Å². The molecule has 4 fully saturated rings. The molecule has 4 amide bonds. The number of aromatic amines is 2. The average Bonchev–Trinajstić information content (AvgIpc) is 4.19. The third kappa shape index (κ3) is 9.60. The Bertz CT molecular complexity index is 2830. The lowest BCUT2D eigenvalue weighted by Crippen LogP contribution is -2.55. The summed E-state index contributed by atoms with van der Waals surface area (Å²) >= 11 is 0. The van der Waals surface area contributed by atoms with Crippen molar-refractivity contribution >= 4 is 45.8 Å². The first-order valence-corrected chi connectivity index (χ1v) is 25.6. The van der Waals surface area contributed by atoms with Gasteiger partial charge in [0.25, 0.3) is 0 Å². The molecular formula is C54H68N8O10. The van der Waals surface area contributed by atoms with Crippen LogP contribution in [0.4, 0.5) is 9.59 Å². The van der Waals surface area contributed by atoms with Crippen LogP contribution in [0, 0.1) is 17.8 Å². The van der Waals surface area contributed by atoms with E-state index in [1.807, 2.05) is 49.8 Å². The lowest BCUT2D eigenvalue weighted by molar-refractivity contribution is -0.140. The zero-order chi connectivity index (χ0) is 50.5. The maximum Gasteiger partial charge on any atom is 0.407 e. The average molecular weight is 989 g/mol. The predicted octanol–water partition coefficient (Wildman–Crippen LogP) is 8.11. The van der Waals surface area contributed by atoms with E-state index in [1.54, 1.807) is 7.11 Å². The van der Waals surface area contributed by atoms with Gasteiger partial charge in [0.2, 0.25) is 11.8 Å². The zero-order valence-electron chi connectivity index (χ0n) is 42.5. The highest BCUT2D eigenvalue weighted by atomic mass is 16.5. The number of carbonyl (C=O) groups excluding carboxylic acids is 4. The highest BCUT2D eigenvalue weighted by molar-refractivity contribution is 6.07. The van der Waals surface area contributed by atoms with E-state index in [1.165, 1.54) is 14.2 Å². The Hall–Kier alpha value is -6.24. The van der Waals surface area contributed by atoms with Crippen LogP contribution >= 0.6 is 0 Å². The Morgan fingerprint density at radius 2 is 1.42 bits per heavy atom. The number of imidazole rings is 2. The minimum Gasteiger partial charge on any atom is -0.488 e. The Morgan fingerprint density at radius 3 is 2.07 bits per heavy atom. The Labute approximate surface area is 419 Å². The molecular weight excluding hydrogens is 921 g/mol. The number of benzene rings is 3. The molecule has 10 rings (SSSR count). The molecule has 0 spiro atoms. The molecule has 4 N–H and O–H groups in total. The number of nitrogens with one attached hydrogen (secondary N) is 4. The van der Waals surface area contributed by atoms with Crippen LogP contribution in [0.1, 0.15) is 109 Å². The molecule has 3 aromatic carbocycles. The van der Waals surface area contributed by atoms with Gasteiger partial charge in [0, 0.05) is 36.6 Å². The van der Waals surface area contributed by atoms with Gasteiger partial charge in [-0.25, -0.2) is 19.6 Å². The lowest BCUT2D eigenvalue weighted by atomic mass is 9.85. The fraction of sp³-hybridized carbons (Fsp3) is 0.556. The molecule has 0 radical (unpaired) electrons. The van der Waals surface area contributed by atoms with Crippen LogP contribution < -0.4 is 15.4 Å². The van der Waals surface area contributed by atoms with E-state index in [4.69, 9.17) is 38.4 Å². The number of H-pyrrole nitrogens is 2. The molecule has 0 aliphatic carbocycles. The zero-order valence-corrected chi connectivity index (χ0v) is 42.5. The molecule has 5 aromatic rings. The highest BCUT2D eigenvalue weighted by Gasteiger charge is 2.46. The van der Waals surface area contributed by atoms with Gasteiger partial charge in [0.1, 0.15) is 36.1 Å². The van der Waals surface area contributed by atoms with E-state index in [9.17, 15) is 19.2 Å². The summed E-state index contributed by atoms with van der Waals surface area (Å²) in [4.78, 5) is 75.6. The SMILES string of the molecule is COCC1CC(c2ncc(-c3ccc4c(c3)COc3cc5c(ccc6[nH]c(C7CCC(C)N7C(=O)C(NC(=O)OC)C7CC(C)OC(C)C7)nc65)cc3-4)[nH]2)N(C(=O)C(NC(=O)OC)C2CC(C)OC(C)C2)C1. The minimum absolute atomic E-state index is 0.0405. The summed E-state index contributed by atoms with van der Waals surface area (Å²) in [6.45, 7) is 11.4. The number of rotatable bonds is 11. The van der Waals surface area contributed by atoms with Gasteiger partial charge in [0.05, 0.1) is 80.3 Å². The number of methoxy groups -OCH3 is 3. The number of fused-ring (bicyclic) bond motifs is 6. The van der Waals surface area contributed by atoms with Crippen LogP contribution in [0.5, 0.6) is 5.75 Å². The third-order valence-electron chi connectivity index (χ3n) is 15.8. The quantitative estimate of drug-likeness (QED) is 0.0989. The standard InChI is InChI=1S/C54H68N8O10/c1-27-9-14-43(62(27)52(64)47(60-54(66)69-8)36-17-30(4)72-31(5)18-36)50-56-41-13-11-33-21-40-38-12-10-34(20-37(38)26-70-45(40)22-39(33)48(41)58-50)42-23-55-49(57-42)44-19-32(25-67-6)24-61(44)51(63)46(59-53(65)68-7)35-15-28(2)71-29(3)16-35/h10-13,20-23,27-32,35-36,43-44,46-47H,9,14-19,24-26H2,1-8H3,(H,55,57)(H,56,58)(H,59,65)(H,60,66). The van der Waals surface area contributed by atoms with Crippen molar-refractivity contribution in [1.29, 1.82) is 0 Å². The maximum atomic E-state index is 14.6. The van der Waals surface area contributed by atoms with Crippen molar-refractivity contribution in [1.82, 2.24) is 40.4 Å². The van der Waals surface area contributed by atoms with Crippen molar-refractivity contribution in [3.63, 3.8) is 0 Å². The van der Waals surface area contributed by atoms with Crippen LogP contribution in [0.2, 0.25) is 0 Å². The summed E-state index contributed by atoms with van der Waals surface area (Å²) in [5.74, 6) is 1.67. The summed E-state index contributed by atoms with van der Waals surface area (Å²) in [6, 6.07) is 12.4. The first kappa shape index (κ1) is 49.3. The Morgan fingerprint density at radius 1 is 0.750 bits per heavy atom. The van der Waals surface area contributed by atoms with Gasteiger partial charge in [-0.15, -0.1) is 0 Å². The lowest BCUT2D eigenvalue weighted by Gasteiger charge is -2.39. The van der Waals surface area contributed by atoms with Crippen LogP contribution in [0.25, 0.3) is 44.2 Å². The highest BCUT2D eigenvalue weighted by Crippen LogP contribution is 2.45. The van der Waals surface area contributed by atoms with Crippen molar-refractivity contribution in [2.45, 2.75) is 141 Å². The third-order valence-corrected chi connectivity index (χ3v) is 15.8. The molecule has 5 aliphatic rings. The first-order valence-electron chi connectivity index (χ1n) is 25.6. The molecule has 10 atom stereocenters. The number of hydrogen-bond acceptors (Lipinski definition) is 12. The number of alkyl carbamates (subject to hydrolysis) is 2. The van der Waals surface area contributed by atoms with E-state index in [2.05, 4.69) is 63.9 Å². The summed E-state index contributed by atoms with van der Waals surface area (Å²) in [7, 11) is 4.29. The fourth-order valence-corrected chi connectivity index (χ4v) is 12.6. The summed E-state index contributed by atoms with van der Waals surface area (Å²) in [6.07, 6.45) is 5.10. The van der Waals surface area contributed by atoms with Gasteiger partial charge >= 0.3 is 12.2 Å². The van der Waals surface area contributed by atoms with E-state index in [0.29, 0.717) is 63.5 Å². The van der Waals surface area contributed by atoms with Gasteiger partial charge < -0.3 is 58.8 Å². The molecule has 72 heavy (non-hydrogen) atoms. The smallest absolute Gasteiger partial charge is 0.407 e. The normalized spacial score (nSPS) is 27.9. The minimum atomic E-state index is -0.787. The molecule has 0 saturated carbocycles. The van der Waals surface area contributed by atoms with Crippen LogP contribution in [-0.4, -0.2) is 131 Å². The van der Waals surface area contributed by atoms with Gasteiger partial charge in [-0.05, 0) is 138 Å². The number of ether oxygens (including phenoxy) is 6. The molecule has 5 aliphatic heterocycles. The number of hydrogen-bond donors (Lipinski definition) is 4. The maximum absolute atomic E-state index is 14.6. The van der Waals surface area contributed by atoms with Crippen LogP contribution in [0.15, 0.2) is 48.7 Å². The molecule has 10 unspecified atom stereocenters. The molecule has 4 saturated heterocycles. The number of nitrogens with zero attached hydrogens (tertiary/aromatic N) is 4. The Kier molecular flexibility index (Phi) is 13.9.